The van der Waals surface area contributed by atoms with E-state index in [0.717, 1.165) is 32.4 Å². The van der Waals surface area contributed by atoms with E-state index in [2.05, 4.69) is 17.1 Å². The normalized spacial score (nSPS) is 30.9. The molecule has 2 fully saturated rings. The fourth-order valence-corrected chi connectivity index (χ4v) is 3.52. The van der Waals surface area contributed by atoms with Crippen molar-refractivity contribution in [2.45, 2.75) is 64.5 Å². The molecule has 0 aromatic heterocycles. The average molecular weight is 282 g/mol. The van der Waals surface area contributed by atoms with Gasteiger partial charge in [-0.05, 0) is 57.5 Å². The number of nitrogens with zero attached hydrogens (tertiary/aromatic N) is 1. The summed E-state index contributed by atoms with van der Waals surface area (Å²) < 4.78 is 0. The summed E-state index contributed by atoms with van der Waals surface area (Å²) in [6, 6.07) is 0.331. The molecule has 0 spiro atoms. The van der Waals surface area contributed by atoms with Crippen LogP contribution in [0, 0.1) is 11.8 Å². The lowest BCUT2D eigenvalue weighted by Gasteiger charge is -2.36. The first kappa shape index (κ1) is 15.8. The molecule has 3 atom stereocenters. The summed E-state index contributed by atoms with van der Waals surface area (Å²) in [7, 11) is 0. The number of carbonyl (C=O) groups is 1. The average Bonchev–Trinajstić information content (AvgIpc) is 2.49. The number of rotatable bonds is 4. The largest absolute Gasteiger partial charge is 0.396 e. The highest BCUT2D eigenvalue weighted by molar-refractivity contribution is 5.81. The lowest BCUT2D eigenvalue weighted by atomic mass is 9.86. The Balaban J connectivity index is 1.79. The molecule has 4 nitrogen and oxygen atoms in total. The lowest BCUT2D eigenvalue weighted by molar-refractivity contribution is -0.127. The number of hydrogen-bond acceptors (Lipinski definition) is 3. The molecule has 1 saturated carbocycles. The van der Waals surface area contributed by atoms with Crippen molar-refractivity contribution in [3.05, 3.63) is 0 Å². The highest BCUT2D eigenvalue weighted by atomic mass is 16.3. The smallest absolute Gasteiger partial charge is 0.237 e. The molecule has 0 radical (unpaired) electrons. The predicted molar refractivity (Wildman–Crippen MR) is 80.4 cm³/mol. The number of aliphatic hydroxyl groups is 1. The maximum Gasteiger partial charge on any atom is 0.237 e. The molecule has 0 aromatic carbocycles. The van der Waals surface area contributed by atoms with Gasteiger partial charge < -0.3 is 10.4 Å². The third kappa shape index (κ3) is 3.95. The van der Waals surface area contributed by atoms with E-state index in [-0.39, 0.29) is 18.6 Å². The number of amides is 1. The Morgan fingerprint density at radius 1 is 1.25 bits per heavy atom. The second-order valence-corrected chi connectivity index (χ2v) is 6.71. The molecule has 116 valence electrons. The minimum absolute atomic E-state index is 0.0382. The van der Waals surface area contributed by atoms with Crippen molar-refractivity contribution in [3.8, 4) is 0 Å². The number of nitrogens with one attached hydrogen (secondary N) is 1. The van der Waals surface area contributed by atoms with Gasteiger partial charge in [0.1, 0.15) is 0 Å². The summed E-state index contributed by atoms with van der Waals surface area (Å²) in [6.45, 7) is 6.41. The summed E-state index contributed by atoms with van der Waals surface area (Å²) in [5.41, 5.74) is 0. The van der Waals surface area contributed by atoms with Crippen LogP contribution in [0.2, 0.25) is 0 Å². The maximum atomic E-state index is 12.4. The standard InChI is InChI=1S/C16H30N2O2/c1-12-5-3-4-6-15(12)17-16(20)13(2)18-9-7-14(11-19)8-10-18/h12-15,19H,3-11H2,1-2H3,(H,17,20). The molecule has 0 aromatic rings. The van der Waals surface area contributed by atoms with E-state index in [1.807, 2.05) is 6.92 Å². The van der Waals surface area contributed by atoms with Gasteiger partial charge in [-0.2, -0.15) is 0 Å². The Kier molecular flexibility index (Phi) is 5.85. The van der Waals surface area contributed by atoms with Crippen molar-refractivity contribution >= 4 is 5.91 Å². The topological polar surface area (TPSA) is 52.6 Å². The van der Waals surface area contributed by atoms with Crippen molar-refractivity contribution in [1.29, 1.82) is 0 Å². The first-order valence-electron chi connectivity index (χ1n) is 8.27. The van der Waals surface area contributed by atoms with Crippen molar-refractivity contribution in [1.82, 2.24) is 10.2 Å². The molecule has 1 aliphatic heterocycles. The van der Waals surface area contributed by atoms with Gasteiger partial charge in [0, 0.05) is 12.6 Å². The maximum absolute atomic E-state index is 12.4. The van der Waals surface area contributed by atoms with Crippen LogP contribution in [0.4, 0.5) is 0 Å². The van der Waals surface area contributed by atoms with Gasteiger partial charge in [-0.1, -0.05) is 19.8 Å². The Morgan fingerprint density at radius 2 is 1.90 bits per heavy atom. The second-order valence-electron chi connectivity index (χ2n) is 6.71. The quantitative estimate of drug-likeness (QED) is 0.826. The molecule has 2 rings (SSSR count). The molecule has 1 heterocycles. The van der Waals surface area contributed by atoms with Crippen LogP contribution in [0.3, 0.4) is 0 Å². The lowest BCUT2D eigenvalue weighted by Crippen LogP contribution is -2.52. The van der Waals surface area contributed by atoms with Crippen LogP contribution in [0.5, 0.6) is 0 Å². The van der Waals surface area contributed by atoms with Crippen molar-refractivity contribution in [2.24, 2.45) is 11.8 Å². The van der Waals surface area contributed by atoms with E-state index in [9.17, 15) is 9.90 Å². The van der Waals surface area contributed by atoms with Crippen molar-refractivity contribution in [3.63, 3.8) is 0 Å². The van der Waals surface area contributed by atoms with E-state index < -0.39 is 0 Å². The zero-order valence-corrected chi connectivity index (χ0v) is 13.0. The predicted octanol–water partition coefficient (Wildman–Crippen LogP) is 1.77. The van der Waals surface area contributed by atoms with Gasteiger partial charge in [0.15, 0.2) is 0 Å². The van der Waals surface area contributed by atoms with E-state index in [0.29, 0.717) is 17.9 Å². The monoisotopic (exact) mass is 282 g/mol. The third-order valence-electron chi connectivity index (χ3n) is 5.27. The summed E-state index contributed by atoms with van der Waals surface area (Å²) in [6.07, 6.45) is 6.93. The SMILES string of the molecule is CC1CCCCC1NC(=O)C(C)N1CCC(CO)CC1. The minimum atomic E-state index is -0.0382. The Labute approximate surface area is 122 Å². The third-order valence-corrected chi connectivity index (χ3v) is 5.27. The van der Waals surface area contributed by atoms with Gasteiger partial charge in [-0.25, -0.2) is 0 Å². The van der Waals surface area contributed by atoms with E-state index in [1.54, 1.807) is 0 Å². The molecular weight excluding hydrogens is 252 g/mol. The fourth-order valence-electron chi connectivity index (χ4n) is 3.52. The molecule has 0 bridgehead atoms. The van der Waals surface area contributed by atoms with Gasteiger partial charge in [0.05, 0.1) is 6.04 Å². The fraction of sp³-hybridized carbons (Fsp3) is 0.938. The Hall–Kier alpha value is -0.610. The molecule has 1 saturated heterocycles. The minimum Gasteiger partial charge on any atom is -0.396 e. The summed E-state index contributed by atoms with van der Waals surface area (Å²) in [4.78, 5) is 14.7. The molecule has 1 amide bonds. The summed E-state index contributed by atoms with van der Waals surface area (Å²) in [5.74, 6) is 1.23. The van der Waals surface area contributed by atoms with Crippen LogP contribution < -0.4 is 5.32 Å². The zero-order valence-electron chi connectivity index (χ0n) is 13.0. The summed E-state index contributed by atoms with van der Waals surface area (Å²) in [5, 5.41) is 12.4. The van der Waals surface area contributed by atoms with E-state index >= 15 is 0 Å². The summed E-state index contributed by atoms with van der Waals surface area (Å²) >= 11 is 0. The van der Waals surface area contributed by atoms with Gasteiger partial charge in [0.2, 0.25) is 5.91 Å². The first-order valence-corrected chi connectivity index (χ1v) is 8.27. The molecule has 4 heteroatoms. The second kappa shape index (κ2) is 7.41. The molecule has 20 heavy (non-hydrogen) atoms. The van der Waals surface area contributed by atoms with Crippen LogP contribution in [0.15, 0.2) is 0 Å². The Morgan fingerprint density at radius 3 is 2.50 bits per heavy atom. The van der Waals surface area contributed by atoms with Gasteiger partial charge in [0.25, 0.3) is 0 Å². The van der Waals surface area contributed by atoms with E-state index in [4.69, 9.17) is 0 Å². The van der Waals surface area contributed by atoms with Crippen LogP contribution >= 0.6 is 0 Å². The van der Waals surface area contributed by atoms with E-state index in [1.165, 1.54) is 19.3 Å². The van der Waals surface area contributed by atoms with Crippen LogP contribution in [-0.2, 0) is 4.79 Å². The molecule has 2 N–H and O–H groups in total. The number of hydrogen-bond donors (Lipinski definition) is 2. The van der Waals surface area contributed by atoms with Crippen molar-refractivity contribution in [2.75, 3.05) is 19.7 Å². The van der Waals surface area contributed by atoms with Gasteiger partial charge in [-0.3, -0.25) is 9.69 Å². The molecular formula is C16H30N2O2. The van der Waals surface area contributed by atoms with Crippen LogP contribution in [0.1, 0.15) is 52.4 Å². The highest BCUT2D eigenvalue weighted by Gasteiger charge is 2.29. The van der Waals surface area contributed by atoms with Gasteiger partial charge >= 0.3 is 0 Å². The highest BCUT2D eigenvalue weighted by Crippen LogP contribution is 2.24. The molecule has 2 aliphatic rings. The first-order chi connectivity index (χ1) is 9.61. The molecule has 3 unspecified atom stereocenters. The number of carbonyl (C=O) groups excluding carboxylic acids is 1. The number of likely N-dealkylation sites (tertiary alicyclic amines) is 1. The van der Waals surface area contributed by atoms with Crippen LogP contribution in [-0.4, -0.2) is 47.7 Å². The van der Waals surface area contributed by atoms with Crippen LogP contribution in [0.25, 0.3) is 0 Å². The van der Waals surface area contributed by atoms with Crippen molar-refractivity contribution < 1.29 is 9.90 Å². The van der Waals surface area contributed by atoms with Gasteiger partial charge in [-0.15, -0.1) is 0 Å². The Bertz CT molecular complexity index is 314. The molecule has 1 aliphatic carbocycles. The number of piperidine rings is 1. The zero-order chi connectivity index (χ0) is 14.5. The number of aliphatic hydroxyl groups excluding tert-OH is 1.